The molecule has 0 radical (unpaired) electrons. The first kappa shape index (κ1) is 10.5. The maximum absolute atomic E-state index is 5.15. The monoisotopic (exact) mass is 280 g/mol. The minimum atomic E-state index is 0.588. The number of hydrogen-bond donors (Lipinski definition) is 1. The van der Waals surface area contributed by atoms with Crippen molar-refractivity contribution < 1.29 is 0 Å². The van der Waals surface area contributed by atoms with Crippen molar-refractivity contribution in [3.8, 4) is 11.4 Å². The summed E-state index contributed by atoms with van der Waals surface area (Å²) in [6.07, 6.45) is 0. The van der Waals surface area contributed by atoms with Gasteiger partial charge in [-0.1, -0.05) is 42.5 Å². The molecule has 1 heterocycles. The highest BCUT2D eigenvalue weighted by Crippen LogP contribution is 2.19. The average Bonchev–Trinajstić information content (AvgIpc) is 2.26. The highest BCUT2D eigenvalue weighted by molar-refractivity contribution is 9.10. The van der Waals surface area contributed by atoms with Crippen molar-refractivity contribution in [1.82, 2.24) is 9.97 Å². The molecule has 0 amide bonds. The van der Waals surface area contributed by atoms with Gasteiger partial charge in [0.05, 0.1) is 4.47 Å². The molecule has 15 heavy (non-hydrogen) atoms. The van der Waals surface area contributed by atoms with Gasteiger partial charge in [-0.15, -0.1) is 0 Å². The van der Waals surface area contributed by atoms with Crippen molar-refractivity contribution in [3.05, 3.63) is 45.1 Å². The molecule has 1 aromatic heterocycles. The molecule has 0 atom stereocenters. The molecule has 0 spiro atoms. The molecule has 0 fully saturated rings. The Balaban J connectivity index is 2.61. The smallest absolute Gasteiger partial charge is 0.144 e. The summed E-state index contributed by atoms with van der Waals surface area (Å²) in [7, 11) is 0. The van der Waals surface area contributed by atoms with E-state index in [0.717, 1.165) is 21.6 Å². The number of nitrogens with zero attached hydrogens (tertiary/aromatic N) is 1. The van der Waals surface area contributed by atoms with Crippen LogP contribution >= 0.6 is 28.1 Å². The zero-order valence-electron chi connectivity index (χ0n) is 8.12. The van der Waals surface area contributed by atoms with Gasteiger partial charge in [-0.3, -0.25) is 0 Å². The molecule has 0 saturated carbocycles. The minimum absolute atomic E-state index is 0.588. The molecule has 2 aromatic rings. The van der Waals surface area contributed by atoms with E-state index in [1.54, 1.807) is 0 Å². The number of rotatable bonds is 1. The normalized spacial score (nSPS) is 10.3. The van der Waals surface area contributed by atoms with Crippen molar-refractivity contribution in [3.63, 3.8) is 0 Å². The Hall–Kier alpha value is -1.00. The lowest BCUT2D eigenvalue weighted by Crippen LogP contribution is -1.93. The summed E-state index contributed by atoms with van der Waals surface area (Å²) in [5, 5.41) is 0. The van der Waals surface area contributed by atoms with Crippen molar-refractivity contribution in [2.24, 2.45) is 0 Å². The van der Waals surface area contributed by atoms with E-state index in [9.17, 15) is 0 Å². The number of H-pyrrole nitrogens is 1. The number of hydrogen-bond acceptors (Lipinski definition) is 2. The third-order valence-electron chi connectivity index (χ3n) is 2.08. The molecule has 0 aliphatic carbocycles. The van der Waals surface area contributed by atoms with E-state index >= 15 is 0 Å². The maximum Gasteiger partial charge on any atom is 0.144 e. The van der Waals surface area contributed by atoms with Gasteiger partial charge in [0, 0.05) is 11.3 Å². The molecule has 2 rings (SSSR count). The third-order valence-corrected chi connectivity index (χ3v) is 3.61. The van der Waals surface area contributed by atoms with Gasteiger partial charge in [0.15, 0.2) is 0 Å². The molecule has 4 heteroatoms. The number of halogens is 1. The number of nitrogens with one attached hydrogen (secondary N) is 1. The molecule has 0 aliphatic rings. The summed E-state index contributed by atoms with van der Waals surface area (Å²) < 4.78 is 1.45. The molecule has 2 nitrogen and oxygen atoms in total. The van der Waals surface area contributed by atoms with Gasteiger partial charge in [0.2, 0.25) is 0 Å². The van der Waals surface area contributed by atoms with Crippen LogP contribution in [0.5, 0.6) is 0 Å². The minimum Gasteiger partial charge on any atom is -0.342 e. The lowest BCUT2D eigenvalue weighted by atomic mass is 10.2. The fraction of sp³-hybridized carbons (Fsp3) is 0.0909. The van der Waals surface area contributed by atoms with Crippen molar-refractivity contribution in [2.45, 2.75) is 6.92 Å². The second-order valence-corrected chi connectivity index (χ2v) is 4.38. The van der Waals surface area contributed by atoms with Crippen LogP contribution in [0.25, 0.3) is 11.4 Å². The fourth-order valence-corrected chi connectivity index (χ4v) is 1.74. The Morgan fingerprint density at radius 1 is 1.27 bits per heavy atom. The van der Waals surface area contributed by atoms with Crippen molar-refractivity contribution >= 4 is 28.1 Å². The van der Waals surface area contributed by atoms with E-state index in [1.807, 2.05) is 37.3 Å². The van der Waals surface area contributed by atoms with E-state index in [2.05, 4.69) is 25.9 Å². The van der Waals surface area contributed by atoms with Crippen LogP contribution in [-0.4, -0.2) is 9.97 Å². The molecule has 0 bridgehead atoms. The lowest BCUT2D eigenvalue weighted by molar-refractivity contribution is 1.08. The molecule has 76 valence electrons. The molecular weight excluding hydrogens is 272 g/mol. The predicted octanol–water partition coefficient (Wildman–Crippen LogP) is 3.88. The van der Waals surface area contributed by atoms with E-state index in [0.29, 0.717) is 4.64 Å². The average molecular weight is 281 g/mol. The van der Waals surface area contributed by atoms with Crippen LogP contribution in [0.15, 0.2) is 34.8 Å². The van der Waals surface area contributed by atoms with E-state index in [-0.39, 0.29) is 0 Å². The van der Waals surface area contributed by atoms with Crippen LogP contribution in [0, 0.1) is 11.6 Å². The highest BCUT2D eigenvalue weighted by Gasteiger charge is 2.03. The van der Waals surface area contributed by atoms with Gasteiger partial charge in [-0.25, -0.2) is 4.98 Å². The second kappa shape index (κ2) is 4.24. The Morgan fingerprint density at radius 2 is 1.93 bits per heavy atom. The topological polar surface area (TPSA) is 28.7 Å². The molecular formula is C11H9BrN2S. The molecule has 0 aliphatic heterocycles. The first-order valence-corrected chi connectivity index (χ1v) is 5.70. The Bertz CT molecular complexity index is 534. The van der Waals surface area contributed by atoms with Gasteiger partial charge in [-0.05, 0) is 22.9 Å². The predicted molar refractivity (Wildman–Crippen MR) is 67.3 cm³/mol. The Kier molecular flexibility index (Phi) is 2.98. The van der Waals surface area contributed by atoms with E-state index in [4.69, 9.17) is 12.2 Å². The number of benzene rings is 1. The summed E-state index contributed by atoms with van der Waals surface area (Å²) in [5.41, 5.74) is 2.04. The first-order chi connectivity index (χ1) is 7.18. The summed E-state index contributed by atoms with van der Waals surface area (Å²) in [4.78, 5) is 7.52. The second-order valence-electron chi connectivity index (χ2n) is 3.20. The van der Waals surface area contributed by atoms with E-state index in [1.165, 1.54) is 0 Å². The summed E-state index contributed by atoms with van der Waals surface area (Å²) in [6.45, 7) is 1.97. The van der Waals surface area contributed by atoms with Crippen LogP contribution in [0.4, 0.5) is 0 Å². The number of aromatic nitrogens is 2. The summed E-state index contributed by atoms with van der Waals surface area (Å²) >= 11 is 8.54. The van der Waals surface area contributed by atoms with Gasteiger partial charge in [0.25, 0.3) is 0 Å². The van der Waals surface area contributed by atoms with Gasteiger partial charge in [0.1, 0.15) is 10.5 Å². The van der Waals surface area contributed by atoms with Crippen LogP contribution in [0.1, 0.15) is 5.69 Å². The third kappa shape index (κ3) is 2.16. The quantitative estimate of drug-likeness (QED) is 0.804. The molecule has 0 saturated heterocycles. The van der Waals surface area contributed by atoms with Gasteiger partial charge < -0.3 is 4.98 Å². The zero-order chi connectivity index (χ0) is 10.8. The Morgan fingerprint density at radius 3 is 2.53 bits per heavy atom. The van der Waals surface area contributed by atoms with Gasteiger partial charge >= 0.3 is 0 Å². The van der Waals surface area contributed by atoms with Crippen LogP contribution in [-0.2, 0) is 0 Å². The maximum atomic E-state index is 5.15. The standard InChI is InChI=1S/C11H9BrN2S/c1-7-9(12)11(15)14-10(13-7)8-5-3-2-4-6-8/h2-6H,1H3,(H,13,14,15). The molecule has 0 unspecified atom stereocenters. The van der Waals surface area contributed by atoms with Crippen LogP contribution in [0.3, 0.4) is 0 Å². The highest BCUT2D eigenvalue weighted by atomic mass is 79.9. The summed E-state index contributed by atoms with van der Waals surface area (Å²) in [5.74, 6) is 0.807. The molecule has 1 aromatic carbocycles. The Labute approximate surface area is 102 Å². The summed E-state index contributed by atoms with van der Waals surface area (Å²) in [6, 6.07) is 9.93. The zero-order valence-corrected chi connectivity index (χ0v) is 10.5. The number of aromatic amines is 1. The fourth-order valence-electron chi connectivity index (χ4n) is 1.30. The SMILES string of the molecule is Cc1[nH]c(-c2ccccc2)nc(=S)c1Br. The molecule has 1 N–H and O–H groups in total. The van der Waals surface area contributed by atoms with Crippen molar-refractivity contribution in [1.29, 1.82) is 0 Å². The van der Waals surface area contributed by atoms with Crippen LogP contribution < -0.4 is 0 Å². The number of aryl methyl sites for hydroxylation is 1. The van der Waals surface area contributed by atoms with Gasteiger partial charge in [-0.2, -0.15) is 0 Å². The van der Waals surface area contributed by atoms with Crippen molar-refractivity contribution in [2.75, 3.05) is 0 Å². The largest absolute Gasteiger partial charge is 0.342 e. The van der Waals surface area contributed by atoms with E-state index < -0.39 is 0 Å². The lowest BCUT2D eigenvalue weighted by Gasteiger charge is -2.04. The van der Waals surface area contributed by atoms with Crippen LogP contribution in [0.2, 0.25) is 0 Å². The first-order valence-electron chi connectivity index (χ1n) is 4.50.